The van der Waals surface area contributed by atoms with Gasteiger partial charge in [-0.2, -0.15) is 8.42 Å². The number of rotatable bonds is 3. The Morgan fingerprint density at radius 3 is 1.92 bits per heavy atom. The molecule has 0 bridgehead atoms. The Morgan fingerprint density at radius 2 is 1.42 bits per heavy atom. The van der Waals surface area contributed by atoms with Crippen molar-refractivity contribution in [1.82, 2.24) is 4.90 Å². The van der Waals surface area contributed by atoms with E-state index in [1.54, 1.807) is 0 Å². The van der Waals surface area contributed by atoms with E-state index in [1.165, 1.54) is 22.3 Å². The molecule has 0 radical (unpaired) electrons. The second-order valence-electron chi connectivity index (χ2n) is 6.37. The maximum atomic E-state index is 11.3. The molecule has 2 aliphatic rings. The molecule has 124 valence electrons. The summed E-state index contributed by atoms with van der Waals surface area (Å²) in [5.41, 5.74) is 4.89. The molecular formula is C19H19NO3S. The lowest BCUT2D eigenvalue weighted by Gasteiger charge is -2.44. The van der Waals surface area contributed by atoms with Gasteiger partial charge in [-0.05, 0) is 22.3 Å². The molecule has 2 aromatic rings. The second kappa shape index (κ2) is 5.84. The van der Waals surface area contributed by atoms with E-state index in [0.717, 1.165) is 6.26 Å². The van der Waals surface area contributed by atoms with Crippen LogP contribution in [0.3, 0.4) is 0 Å². The van der Waals surface area contributed by atoms with Crippen LogP contribution in [0.1, 0.15) is 28.3 Å². The standard InChI is InChI=1S/C19H19NO3S/c1-24(21,22)23-16-12-20(13-16)19-17-8-4-2-6-14(17)10-11-15-7-3-5-9-18(15)19/h2-11,16,19H,12-13H2,1H3. The van der Waals surface area contributed by atoms with Crippen LogP contribution in [0.2, 0.25) is 0 Å². The average molecular weight is 341 g/mol. The number of fused-ring (bicyclic) bond motifs is 2. The van der Waals surface area contributed by atoms with E-state index in [2.05, 4.69) is 53.5 Å². The SMILES string of the molecule is CS(=O)(=O)OC1CN(C2c3ccccc3C=Cc3ccccc32)C1. The molecule has 0 unspecified atom stereocenters. The van der Waals surface area contributed by atoms with Crippen molar-refractivity contribution in [1.29, 1.82) is 0 Å². The molecule has 1 aliphatic carbocycles. The van der Waals surface area contributed by atoms with Gasteiger partial charge in [-0.1, -0.05) is 60.7 Å². The average Bonchev–Trinajstić information content (AvgIpc) is 2.67. The van der Waals surface area contributed by atoms with Crippen molar-refractivity contribution in [3.63, 3.8) is 0 Å². The zero-order chi connectivity index (χ0) is 16.7. The van der Waals surface area contributed by atoms with Crippen LogP contribution < -0.4 is 0 Å². The van der Waals surface area contributed by atoms with Gasteiger partial charge in [0.25, 0.3) is 10.1 Å². The molecule has 0 saturated carbocycles. The molecule has 1 aliphatic heterocycles. The number of nitrogens with zero attached hydrogens (tertiary/aromatic N) is 1. The van der Waals surface area contributed by atoms with Crippen molar-refractivity contribution >= 4 is 22.3 Å². The minimum atomic E-state index is -3.41. The van der Waals surface area contributed by atoms with E-state index in [9.17, 15) is 8.42 Å². The molecule has 0 spiro atoms. The van der Waals surface area contributed by atoms with E-state index in [1.807, 2.05) is 12.1 Å². The van der Waals surface area contributed by atoms with Gasteiger partial charge >= 0.3 is 0 Å². The van der Waals surface area contributed by atoms with Crippen LogP contribution in [-0.2, 0) is 14.3 Å². The number of benzene rings is 2. The topological polar surface area (TPSA) is 46.6 Å². The maximum Gasteiger partial charge on any atom is 0.264 e. The highest BCUT2D eigenvalue weighted by atomic mass is 32.2. The second-order valence-corrected chi connectivity index (χ2v) is 7.97. The van der Waals surface area contributed by atoms with Crippen LogP contribution >= 0.6 is 0 Å². The van der Waals surface area contributed by atoms with Gasteiger partial charge in [0.1, 0.15) is 6.10 Å². The molecule has 5 heteroatoms. The first kappa shape index (κ1) is 15.6. The lowest BCUT2D eigenvalue weighted by atomic mass is 9.90. The predicted octanol–water partition coefficient (Wildman–Crippen LogP) is 2.92. The predicted molar refractivity (Wildman–Crippen MR) is 94.9 cm³/mol. The lowest BCUT2D eigenvalue weighted by molar-refractivity contribution is 0.00470. The molecule has 2 aromatic carbocycles. The number of likely N-dealkylation sites (tertiary alicyclic amines) is 1. The van der Waals surface area contributed by atoms with Crippen molar-refractivity contribution in [2.24, 2.45) is 0 Å². The lowest BCUT2D eigenvalue weighted by Crippen LogP contribution is -2.54. The zero-order valence-electron chi connectivity index (χ0n) is 13.4. The van der Waals surface area contributed by atoms with Gasteiger partial charge < -0.3 is 0 Å². The summed E-state index contributed by atoms with van der Waals surface area (Å²) in [6, 6.07) is 16.9. The fraction of sp³-hybridized carbons (Fsp3) is 0.263. The normalized spacial score (nSPS) is 18.5. The zero-order valence-corrected chi connectivity index (χ0v) is 14.2. The van der Waals surface area contributed by atoms with E-state index >= 15 is 0 Å². The van der Waals surface area contributed by atoms with Gasteiger partial charge in [-0.3, -0.25) is 9.08 Å². The van der Waals surface area contributed by atoms with E-state index in [-0.39, 0.29) is 12.1 Å². The first-order valence-corrected chi connectivity index (χ1v) is 9.81. The Labute approximate surface area is 142 Å². The van der Waals surface area contributed by atoms with E-state index < -0.39 is 10.1 Å². The Hall–Kier alpha value is -1.95. The van der Waals surface area contributed by atoms with Gasteiger partial charge in [0, 0.05) is 13.1 Å². The summed E-state index contributed by atoms with van der Waals surface area (Å²) < 4.78 is 27.8. The van der Waals surface area contributed by atoms with Crippen molar-refractivity contribution in [2.75, 3.05) is 19.3 Å². The fourth-order valence-corrected chi connectivity index (χ4v) is 4.17. The molecule has 1 saturated heterocycles. The molecule has 0 atom stereocenters. The van der Waals surface area contributed by atoms with Crippen molar-refractivity contribution in [3.8, 4) is 0 Å². The molecule has 0 amide bonds. The summed E-state index contributed by atoms with van der Waals surface area (Å²) in [7, 11) is -3.41. The summed E-state index contributed by atoms with van der Waals surface area (Å²) in [5, 5.41) is 0. The Balaban J connectivity index is 1.69. The summed E-state index contributed by atoms with van der Waals surface area (Å²) in [6.45, 7) is 1.22. The first-order valence-electron chi connectivity index (χ1n) is 7.99. The summed E-state index contributed by atoms with van der Waals surface area (Å²) >= 11 is 0. The third-order valence-corrected chi connectivity index (χ3v) is 5.20. The third-order valence-electron chi connectivity index (χ3n) is 4.58. The van der Waals surface area contributed by atoms with Crippen LogP contribution in [0.4, 0.5) is 0 Å². The highest BCUT2D eigenvalue weighted by molar-refractivity contribution is 7.86. The summed E-state index contributed by atoms with van der Waals surface area (Å²) in [4.78, 5) is 2.28. The summed E-state index contributed by atoms with van der Waals surface area (Å²) in [5.74, 6) is 0. The molecule has 4 nitrogen and oxygen atoms in total. The van der Waals surface area contributed by atoms with Gasteiger partial charge in [0.2, 0.25) is 0 Å². The smallest absolute Gasteiger partial charge is 0.264 e. The van der Waals surface area contributed by atoms with Crippen molar-refractivity contribution in [3.05, 3.63) is 70.8 Å². The molecule has 0 aromatic heterocycles. The summed E-state index contributed by atoms with van der Waals surface area (Å²) in [6.07, 6.45) is 5.16. The number of hydrogen-bond acceptors (Lipinski definition) is 4. The van der Waals surface area contributed by atoms with Crippen molar-refractivity contribution < 1.29 is 12.6 Å². The van der Waals surface area contributed by atoms with Crippen LogP contribution in [0, 0.1) is 0 Å². The van der Waals surface area contributed by atoms with Gasteiger partial charge in [-0.15, -0.1) is 0 Å². The molecule has 4 rings (SSSR count). The first-order chi connectivity index (χ1) is 11.5. The van der Waals surface area contributed by atoms with Crippen LogP contribution in [-0.4, -0.2) is 38.8 Å². The molecule has 24 heavy (non-hydrogen) atoms. The molecule has 1 fully saturated rings. The highest BCUT2D eigenvalue weighted by Crippen LogP contribution is 2.39. The van der Waals surface area contributed by atoms with Crippen LogP contribution in [0.5, 0.6) is 0 Å². The quantitative estimate of drug-likeness (QED) is 0.806. The largest absolute Gasteiger partial charge is 0.287 e. The Morgan fingerprint density at radius 1 is 0.917 bits per heavy atom. The van der Waals surface area contributed by atoms with Gasteiger partial charge in [-0.25, -0.2) is 0 Å². The van der Waals surface area contributed by atoms with E-state index in [4.69, 9.17) is 4.18 Å². The van der Waals surface area contributed by atoms with Gasteiger partial charge in [0.15, 0.2) is 0 Å². The Bertz CT molecular complexity index is 849. The number of hydrogen-bond donors (Lipinski definition) is 0. The monoisotopic (exact) mass is 341 g/mol. The molecule has 1 heterocycles. The van der Waals surface area contributed by atoms with Gasteiger partial charge in [0.05, 0.1) is 12.3 Å². The van der Waals surface area contributed by atoms with Crippen LogP contribution in [0.25, 0.3) is 12.2 Å². The molecular weight excluding hydrogens is 322 g/mol. The molecule has 0 N–H and O–H groups in total. The van der Waals surface area contributed by atoms with E-state index in [0.29, 0.717) is 13.1 Å². The third kappa shape index (κ3) is 2.90. The van der Waals surface area contributed by atoms with Crippen LogP contribution in [0.15, 0.2) is 48.5 Å². The Kier molecular flexibility index (Phi) is 3.79. The minimum absolute atomic E-state index is 0.117. The minimum Gasteiger partial charge on any atom is -0.287 e. The fourth-order valence-electron chi connectivity index (χ4n) is 3.55. The highest BCUT2D eigenvalue weighted by Gasteiger charge is 2.38. The van der Waals surface area contributed by atoms with Crippen molar-refractivity contribution in [2.45, 2.75) is 12.1 Å². The maximum absolute atomic E-state index is 11.3.